The smallest absolute Gasteiger partial charge is 0.297 e. The molecule has 110 valence electrons. The van der Waals surface area contributed by atoms with E-state index in [1.807, 2.05) is 13.8 Å². The summed E-state index contributed by atoms with van der Waals surface area (Å²) in [5.41, 5.74) is 1.14. The fourth-order valence-corrected chi connectivity index (χ4v) is 1.83. The van der Waals surface area contributed by atoms with Crippen LogP contribution in [0.3, 0.4) is 0 Å². The van der Waals surface area contributed by atoms with E-state index in [2.05, 4.69) is 25.9 Å². The minimum absolute atomic E-state index is 0.0314. The minimum Gasteiger partial charge on any atom is -0.339 e. The summed E-state index contributed by atoms with van der Waals surface area (Å²) in [5.74, 6) is -0.541. The molecule has 8 heteroatoms. The number of aromatic nitrogens is 4. The van der Waals surface area contributed by atoms with Crippen molar-refractivity contribution in [3.63, 3.8) is 0 Å². The largest absolute Gasteiger partial charge is 0.339 e. The van der Waals surface area contributed by atoms with Gasteiger partial charge in [0.25, 0.3) is 17.6 Å². The van der Waals surface area contributed by atoms with Gasteiger partial charge in [-0.3, -0.25) is 9.59 Å². The molecule has 0 saturated carbocycles. The van der Waals surface area contributed by atoms with E-state index in [0.29, 0.717) is 24.3 Å². The summed E-state index contributed by atoms with van der Waals surface area (Å²) in [4.78, 5) is 25.6. The van der Waals surface area contributed by atoms with Crippen LogP contribution in [0.1, 0.15) is 34.8 Å². The maximum absolute atomic E-state index is 12.1. The zero-order chi connectivity index (χ0) is 15.2. The second-order valence-corrected chi connectivity index (χ2v) is 4.24. The number of aromatic amines is 1. The molecule has 0 bridgehead atoms. The van der Waals surface area contributed by atoms with E-state index in [0.717, 1.165) is 0 Å². The lowest BCUT2D eigenvalue weighted by Crippen LogP contribution is -2.30. The van der Waals surface area contributed by atoms with Crippen molar-refractivity contribution in [3.8, 4) is 0 Å². The van der Waals surface area contributed by atoms with Gasteiger partial charge in [-0.25, -0.2) is 0 Å². The Balaban J connectivity index is 2.05. The van der Waals surface area contributed by atoms with Crippen LogP contribution < -0.4 is 5.32 Å². The van der Waals surface area contributed by atoms with Gasteiger partial charge < -0.3 is 10.2 Å². The van der Waals surface area contributed by atoms with Crippen LogP contribution in [0.4, 0.5) is 5.69 Å². The van der Waals surface area contributed by atoms with Gasteiger partial charge in [0.05, 0.1) is 0 Å². The van der Waals surface area contributed by atoms with Crippen LogP contribution in [0, 0.1) is 0 Å². The van der Waals surface area contributed by atoms with E-state index < -0.39 is 5.91 Å². The number of carbonyl (C=O) groups is 2. The highest BCUT2D eigenvalue weighted by atomic mass is 16.2. The van der Waals surface area contributed by atoms with Crippen molar-refractivity contribution >= 4 is 17.5 Å². The number of carbonyl (C=O) groups excluding carboxylic acids is 2. The Bertz CT molecular complexity index is 604. The minimum atomic E-state index is -0.466. The van der Waals surface area contributed by atoms with Gasteiger partial charge in [-0.2, -0.15) is 5.21 Å². The van der Waals surface area contributed by atoms with E-state index in [-0.39, 0.29) is 11.7 Å². The Morgan fingerprint density at radius 3 is 2.38 bits per heavy atom. The van der Waals surface area contributed by atoms with Crippen molar-refractivity contribution in [2.75, 3.05) is 18.4 Å². The van der Waals surface area contributed by atoms with Crippen LogP contribution in [0.25, 0.3) is 0 Å². The predicted molar refractivity (Wildman–Crippen MR) is 75.8 cm³/mol. The lowest BCUT2D eigenvalue weighted by Gasteiger charge is -2.18. The van der Waals surface area contributed by atoms with Gasteiger partial charge in [0, 0.05) is 24.3 Å². The molecule has 1 aromatic carbocycles. The number of tetrazole rings is 1. The molecule has 0 unspecified atom stereocenters. The quantitative estimate of drug-likeness (QED) is 0.852. The van der Waals surface area contributed by atoms with E-state index in [1.165, 1.54) is 0 Å². The molecule has 0 aliphatic heterocycles. The molecule has 1 aromatic heterocycles. The number of benzene rings is 1. The molecule has 8 nitrogen and oxygen atoms in total. The first-order chi connectivity index (χ1) is 10.2. The van der Waals surface area contributed by atoms with Crippen molar-refractivity contribution in [1.29, 1.82) is 0 Å². The number of hydrogen-bond acceptors (Lipinski definition) is 5. The lowest BCUT2D eigenvalue weighted by molar-refractivity contribution is 0.0773. The summed E-state index contributed by atoms with van der Waals surface area (Å²) in [6.45, 7) is 5.18. The predicted octanol–water partition coefficient (Wildman–Crippen LogP) is 0.934. The summed E-state index contributed by atoms with van der Waals surface area (Å²) in [6, 6.07) is 6.67. The molecule has 1 heterocycles. The van der Waals surface area contributed by atoms with Crippen molar-refractivity contribution in [1.82, 2.24) is 25.5 Å². The maximum atomic E-state index is 12.1. The number of anilines is 1. The van der Waals surface area contributed by atoms with Crippen LogP contribution >= 0.6 is 0 Å². The van der Waals surface area contributed by atoms with Gasteiger partial charge >= 0.3 is 0 Å². The molecular weight excluding hydrogens is 272 g/mol. The third-order valence-corrected chi connectivity index (χ3v) is 2.99. The third-order valence-electron chi connectivity index (χ3n) is 2.99. The van der Waals surface area contributed by atoms with Gasteiger partial charge in [-0.15, -0.1) is 10.2 Å². The highest BCUT2D eigenvalue weighted by Crippen LogP contribution is 2.12. The first kappa shape index (κ1) is 14.6. The van der Waals surface area contributed by atoms with E-state index in [1.54, 1.807) is 29.2 Å². The first-order valence-corrected chi connectivity index (χ1v) is 6.59. The van der Waals surface area contributed by atoms with Crippen LogP contribution in [-0.4, -0.2) is 50.4 Å². The zero-order valence-electron chi connectivity index (χ0n) is 11.8. The number of amides is 2. The second-order valence-electron chi connectivity index (χ2n) is 4.24. The Labute approximate surface area is 121 Å². The van der Waals surface area contributed by atoms with Crippen LogP contribution in [0.15, 0.2) is 24.3 Å². The molecule has 2 N–H and O–H groups in total. The summed E-state index contributed by atoms with van der Waals surface area (Å²) in [6.07, 6.45) is 0. The monoisotopic (exact) mass is 288 g/mol. The average molecular weight is 288 g/mol. The highest BCUT2D eigenvalue weighted by Gasteiger charge is 2.13. The molecule has 0 fully saturated rings. The molecule has 0 radical (unpaired) electrons. The fraction of sp³-hybridized carbons (Fsp3) is 0.308. The van der Waals surface area contributed by atoms with E-state index in [9.17, 15) is 9.59 Å². The number of H-pyrrole nitrogens is 1. The van der Waals surface area contributed by atoms with Gasteiger partial charge in [0.15, 0.2) is 0 Å². The molecule has 0 spiro atoms. The summed E-state index contributed by atoms with van der Waals surface area (Å²) in [7, 11) is 0. The standard InChI is InChI=1S/C13H16N6O2/c1-3-19(4-2)13(21)9-5-7-10(8-6-9)14-12(20)11-15-17-18-16-11/h5-8H,3-4H2,1-2H3,(H,14,20)(H,15,16,17,18). The Morgan fingerprint density at radius 1 is 1.19 bits per heavy atom. The fourth-order valence-electron chi connectivity index (χ4n) is 1.83. The number of nitrogens with one attached hydrogen (secondary N) is 2. The lowest BCUT2D eigenvalue weighted by atomic mass is 10.1. The molecule has 0 saturated heterocycles. The van der Waals surface area contributed by atoms with Gasteiger partial charge in [0.1, 0.15) is 0 Å². The maximum Gasteiger partial charge on any atom is 0.297 e. The molecule has 21 heavy (non-hydrogen) atoms. The summed E-state index contributed by atoms with van der Waals surface area (Å²) in [5, 5.41) is 15.3. The Hall–Kier alpha value is -2.77. The second kappa shape index (κ2) is 6.60. The van der Waals surface area contributed by atoms with Crippen molar-refractivity contribution in [2.45, 2.75) is 13.8 Å². The normalized spacial score (nSPS) is 10.2. The third kappa shape index (κ3) is 3.41. The topological polar surface area (TPSA) is 104 Å². The summed E-state index contributed by atoms with van der Waals surface area (Å²) < 4.78 is 0. The number of rotatable bonds is 5. The van der Waals surface area contributed by atoms with Crippen LogP contribution in [0.5, 0.6) is 0 Å². The molecule has 0 aliphatic rings. The Morgan fingerprint density at radius 2 is 1.86 bits per heavy atom. The number of hydrogen-bond donors (Lipinski definition) is 2. The van der Waals surface area contributed by atoms with Gasteiger partial charge in [0.2, 0.25) is 0 Å². The van der Waals surface area contributed by atoms with Crippen LogP contribution in [-0.2, 0) is 0 Å². The molecule has 2 amide bonds. The molecule has 0 aliphatic carbocycles. The highest BCUT2D eigenvalue weighted by molar-refractivity contribution is 6.01. The Kier molecular flexibility index (Phi) is 4.60. The van der Waals surface area contributed by atoms with Crippen molar-refractivity contribution in [2.24, 2.45) is 0 Å². The van der Waals surface area contributed by atoms with Crippen molar-refractivity contribution in [3.05, 3.63) is 35.7 Å². The molecular formula is C13H16N6O2. The van der Waals surface area contributed by atoms with Crippen molar-refractivity contribution < 1.29 is 9.59 Å². The zero-order valence-corrected chi connectivity index (χ0v) is 11.8. The molecule has 2 aromatic rings. The first-order valence-electron chi connectivity index (χ1n) is 6.59. The van der Waals surface area contributed by atoms with Crippen LogP contribution in [0.2, 0.25) is 0 Å². The molecule has 0 atom stereocenters. The SMILES string of the molecule is CCN(CC)C(=O)c1ccc(NC(=O)c2nn[nH]n2)cc1. The van der Waals surface area contributed by atoms with Gasteiger partial charge in [-0.1, -0.05) is 0 Å². The van der Waals surface area contributed by atoms with E-state index in [4.69, 9.17) is 0 Å². The summed E-state index contributed by atoms with van der Waals surface area (Å²) >= 11 is 0. The van der Waals surface area contributed by atoms with E-state index >= 15 is 0 Å². The van der Waals surface area contributed by atoms with Gasteiger partial charge in [-0.05, 0) is 43.3 Å². The molecule has 2 rings (SSSR count). The average Bonchev–Trinajstić information content (AvgIpc) is 3.03. The number of nitrogens with zero attached hydrogens (tertiary/aromatic N) is 4.